The zero-order valence-corrected chi connectivity index (χ0v) is 14.8. The molecular formula is C19H16FN3O2S. The molecule has 0 spiro atoms. The van der Waals surface area contributed by atoms with E-state index in [1.165, 1.54) is 23.5 Å². The molecule has 0 fully saturated rings. The molecule has 0 atom stereocenters. The van der Waals surface area contributed by atoms with Gasteiger partial charge in [0.2, 0.25) is 0 Å². The van der Waals surface area contributed by atoms with Crippen LogP contribution in [0.5, 0.6) is 0 Å². The number of rotatable bonds is 4. The Morgan fingerprint density at radius 3 is 2.54 bits per heavy atom. The average molecular weight is 369 g/mol. The highest BCUT2D eigenvalue weighted by atomic mass is 32.1. The van der Waals surface area contributed by atoms with Crippen molar-refractivity contribution in [3.8, 4) is 11.3 Å². The van der Waals surface area contributed by atoms with Crippen LogP contribution >= 0.6 is 11.3 Å². The lowest BCUT2D eigenvalue weighted by Gasteiger charge is -2.07. The van der Waals surface area contributed by atoms with Crippen molar-refractivity contribution in [3.05, 3.63) is 70.9 Å². The van der Waals surface area contributed by atoms with E-state index < -0.39 is 11.8 Å². The van der Waals surface area contributed by atoms with Crippen LogP contribution in [-0.2, 0) is 16.1 Å². The van der Waals surface area contributed by atoms with E-state index >= 15 is 0 Å². The highest BCUT2D eigenvalue weighted by Crippen LogP contribution is 2.24. The van der Waals surface area contributed by atoms with E-state index in [1.54, 1.807) is 17.5 Å². The van der Waals surface area contributed by atoms with Gasteiger partial charge < -0.3 is 5.32 Å². The molecule has 2 aromatic carbocycles. The molecule has 2 N–H and O–H groups in total. The van der Waals surface area contributed by atoms with E-state index in [0.29, 0.717) is 10.8 Å². The van der Waals surface area contributed by atoms with E-state index in [0.717, 1.165) is 16.7 Å². The molecule has 2 amide bonds. The lowest BCUT2D eigenvalue weighted by Crippen LogP contribution is -2.35. The first-order chi connectivity index (χ1) is 12.5. The number of carbonyl (C=O) groups excluding carboxylic acids is 2. The van der Waals surface area contributed by atoms with Crippen LogP contribution in [0.15, 0.2) is 53.9 Å². The number of benzene rings is 2. The normalized spacial score (nSPS) is 10.4. The minimum atomic E-state index is -0.779. The summed E-state index contributed by atoms with van der Waals surface area (Å²) in [6.45, 7) is 2.21. The summed E-state index contributed by atoms with van der Waals surface area (Å²) in [4.78, 5) is 28.2. The number of nitrogens with zero attached hydrogens (tertiary/aromatic N) is 1. The van der Waals surface area contributed by atoms with Crippen LogP contribution in [0, 0.1) is 12.7 Å². The van der Waals surface area contributed by atoms with Gasteiger partial charge in [-0.05, 0) is 42.3 Å². The van der Waals surface area contributed by atoms with Gasteiger partial charge in [-0.1, -0.05) is 24.3 Å². The van der Waals surface area contributed by atoms with Crippen LogP contribution < -0.4 is 10.6 Å². The van der Waals surface area contributed by atoms with Crippen molar-refractivity contribution in [2.24, 2.45) is 0 Å². The summed E-state index contributed by atoms with van der Waals surface area (Å²) in [6.07, 6.45) is 0. The molecule has 1 heterocycles. The monoisotopic (exact) mass is 369 g/mol. The number of hydrogen-bond acceptors (Lipinski definition) is 4. The number of aryl methyl sites for hydroxylation is 1. The predicted molar refractivity (Wildman–Crippen MR) is 99.2 cm³/mol. The molecule has 0 bridgehead atoms. The first-order valence-corrected chi connectivity index (χ1v) is 8.76. The molecule has 3 aromatic rings. The Kier molecular flexibility index (Phi) is 5.38. The molecule has 0 aliphatic heterocycles. The Balaban J connectivity index is 1.58. The first kappa shape index (κ1) is 17.8. The Labute approximate surface area is 153 Å². The van der Waals surface area contributed by atoms with Crippen molar-refractivity contribution in [2.45, 2.75) is 13.5 Å². The Morgan fingerprint density at radius 2 is 1.81 bits per heavy atom. The van der Waals surface area contributed by atoms with Gasteiger partial charge in [0.05, 0.1) is 5.69 Å². The summed E-state index contributed by atoms with van der Waals surface area (Å²) >= 11 is 1.19. The first-order valence-electron chi connectivity index (χ1n) is 7.88. The van der Waals surface area contributed by atoms with E-state index in [1.807, 2.05) is 31.2 Å². The molecule has 0 saturated carbocycles. The topological polar surface area (TPSA) is 71.1 Å². The molecule has 132 valence electrons. The van der Waals surface area contributed by atoms with E-state index in [9.17, 15) is 14.0 Å². The maximum absolute atomic E-state index is 13.0. The van der Waals surface area contributed by atoms with Crippen LogP contribution in [0.2, 0.25) is 0 Å². The average Bonchev–Trinajstić information content (AvgIpc) is 3.09. The molecule has 0 aliphatic carbocycles. The second-order valence-electron chi connectivity index (χ2n) is 5.61. The number of carbonyl (C=O) groups is 2. The molecule has 7 heteroatoms. The van der Waals surface area contributed by atoms with Gasteiger partial charge >= 0.3 is 11.8 Å². The summed E-state index contributed by atoms with van der Waals surface area (Å²) < 4.78 is 13.0. The Hall–Kier alpha value is -3.06. The predicted octanol–water partition coefficient (Wildman–Crippen LogP) is 3.51. The fourth-order valence-electron chi connectivity index (χ4n) is 2.30. The third-order valence-corrected chi connectivity index (χ3v) is 4.53. The molecule has 3 rings (SSSR count). The second-order valence-corrected chi connectivity index (χ2v) is 6.47. The van der Waals surface area contributed by atoms with Crippen molar-refractivity contribution in [1.82, 2.24) is 10.3 Å². The van der Waals surface area contributed by atoms with Crippen molar-refractivity contribution < 1.29 is 14.0 Å². The molecule has 5 nitrogen and oxygen atoms in total. The van der Waals surface area contributed by atoms with Crippen LogP contribution in [-0.4, -0.2) is 16.8 Å². The number of amides is 2. The maximum Gasteiger partial charge on any atom is 0.315 e. The minimum absolute atomic E-state index is 0.275. The second kappa shape index (κ2) is 7.88. The lowest BCUT2D eigenvalue weighted by atomic mass is 10.1. The number of thiazole rings is 1. The maximum atomic E-state index is 13.0. The molecule has 1 aromatic heterocycles. The molecule has 0 aliphatic rings. The molecule has 26 heavy (non-hydrogen) atoms. The van der Waals surface area contributed by atoms with Gasteiger partial charge in [-0.15, -0.1) is 11.3 Å². The van der Waals surface area contributed by atoms with Crippen LogP contribution in [0.4, 0.5) is 9.52 Å². The zero-order chi connectivity index (χ0) is 18.5. The fraction of sp³-hybridized carbons (Fsp3) is 0.105. The molecular weight excluding hydrogens is 353 g/mol. The highest BCUT2D eigenvalue weighted by Gasteiger charge is 2.16. The van der Waals surface area contributed by atoms with Gasteiger partial charge in [-0.3, -0.25) is 14.9 Å². The van der Waals surface area contributed by atoms with Crippen LogP contribution in [0.1, 0.15) is 11.1 Å². The molecule has 0 radical (unpaired) electrons. The van der Waals surface area contributed by atoms with E-state index in [4.69, 9.17) is 0 Å². The smallest absolute Gasteiger partial charge is 0.315 e. The number of aromatic nitrogens is 1. The van der Waals surface area contributed by atoms with Gasteiger partial charge in [-0.25, -0.2) is 9.37 Å². The lowest BCUT2D eigenvalue weighted by molar-refractivity contribution is -0.136. The number of nitrogens with one attached hydrogen (secondary N) is 2. The highest BCUT2D eigenvalue weighted by molar-refractivity contribution is 7.14. The number of hydrogen-bond donors (Lipinski definition) is 2. The summed E-state index contributed by atoms with van der Waals surface area (Å²) in [5.41, 5.74) is 3.32. The largest absolute Gasteiger partial charge is 0.344 e. The fourth-order valence-corrected chi connectivity index (χ4v) is 3.02. The van der Waals surface area contributed by atoms with Crippen LogP contribution in [0.25, 0.3) is 11.3 Å². The minimum Gasteiger partial charge on any atom is -0.344 e. The van der Waals surface area contributed by atoms with Gasteiger partial charge in [0.1, 0.15) is 5.82 Å². The Bertz CT molecular complexity index is 938. The van der Waals surface area contributed by atoms with Gasteiger partial charge in [-0.2, -0.15) is 0 Å². The summed E-state index contributed by atoms with van der Waals surface area (Å²) in [6, 6.07) is 13.5. The van der Waals surface area contributed by atoms with Crippen molar-refractivity contribution in [2.75, 3.05) is 5.32 Å². The van der Waals surface area contributed by atoms with Crippen molar-refractivity contribution in [1.29, 1.82) is 0 Å². The zero-order valence-electron chi connectivity index (χ0n) is 14.0. The van der Waals surface area contributed by atoms with Crippen LogP contribution in [0.3, 0.4) is 0 Å². The summed E-state index contributed by atoms with van der Waals surface area (Å²) in [5.74, 6) is -1.84. The van der Waals surface area contributed by atoms with Gasteiger partial charge in [0.15, 0.2) is 5.13 Å². The third kappa shape index (κ3) is 4.31. The number of halogens is 1. The molecule has 0 saturated heterocycles. The standard InChI is InChI=1S/C19H16FN3O2S/c1-12-4-2-3-5-14(12)10-21-17(24)18(25)23-19-22-16(11-26-19)13-6-8-15(20)9-7-13/h2-9,11H,10H2,1H3,(H,21,24)(H,22,23,25). The van der Waals surface area contributed by atoms with E-state index in [-0.39, 0.29) is 12.4 Å². The Morgan fingerprint density at radius 1 is 1.08 bits per heavy atom. The van der Waals surface area contributed by atoms with Gasteiger partial charge in [0.25, 0.3) is 0 Å². The summed E-state index contributed by atoms with van der Waals surface area (Å²) in [7, 11) is 0. The number of anilines is 1. The van der Waals surface area contributed by atoms with E-state index in [2.05, 4.69) is 15.6 Å². The quantitative estimate of drug-likeness (QED) is 0.692. The van der Waals surface area contributed by atoms with Crippen molar-refractivity contribution in [3.63, 3.8) is 0 Å². The molecule has 0 unspecified atom stereocenters. The third-order valence-electron chi connectivity index (χ3n) is 3.77. The summed E-state index contributed by atoms with van der Waals surface area (Å²) in [5, 5.41) is 7.10. The van der Waals surface area contributed by atoms with Crippen molar-refractivity contribution >= 4 is 28.3 Å². The van der Waals surface area contributed by atoms with Gasteiger partial charge in [0, 0.05) is 17.5 Å². The SMILES string of the molecule is Cc1ccccc1CNC(=O)C(=O)Nc1nc(-c2ccc(F)cc2)cs1.